The number of aromatic nitrogens is 5. The van der Waals surface area contributed by atoms with Gasteiger partial charge >= 0.3 is 0 Å². The van der Waals surface area contributed by atoms with E-state index in [0.29, 0.717) is 11.1 Å². The number of para-hydroxylation sites is 1. The van der Waals surface area contributed by atoms with E-state index in [0.717, 1.165) is 46.0 Å². The van der Waals surface area contributed by atoms with Gasteiger partial charge in [-0.1, -0.05) is 55.7 Å². The normalized spacial score (nSPS) is 11.9. The van der Waals surface area contributed by atoms with Crippen LogP contribution in [0.4, 0.5) is 0 Å². The van der Waals surface area contributed by atoms with E-state index in [1.54, 1.807) is 17.7 Å². The standard InChI is InChI=1S/C28H27N5O3S/c1-3-4-5-9-16-36-23-14-12-20(13-15-23)25-21(18-32(31-25)22-10-7-6-8-11-22)17-24-27(35)33-28(37-24)29-26(34)19(2)30-33/h6-8,10-15,17-18H,3-5,9,16H2,1-2H3/b24-17-. The van der Waals surface area contributed by atoms with Gasteiger partial charge in [0.05, 0.1) is 16.8 Å². The Labute approximate surface area is 217 Å². The lowest BCUT2D eigenvalue weighted by Crippen LogP contribution is -2.27. The molecule has 0 aliphatic carbocycles. The van der Waals surface area contributed by atoms with Gasteiger partial charge in [-0.3, -0.25) is 9.59 Å². The average molecular weight is 514 g/mol. The Kier molecular flexibility index (Phi) is 7.23. The van der Waals surface area contributed by atoms with Gasteiger partial charge in [0.1, 0.15) is 17.1 Å². The summed E-state index contributed by atoms with van der Waals surface area (Å²) in [5.74, 6) is 0.817. The molecule has 0 aliphatic rings. The van der Waals surface area contributed by atoms with Crippen molar-refractivity contribution >= 4 is 22.4 Å². The maximum Gasteiger partial charge on any atom is 0.295 e. The van der Waals surface area contributed by atoms with Crippen molar-refractivity contribution in [2.24, 2.45) is 0 Å². The molecular weight excluding hydrogens is 486 g/mol. The molecule has 0 bridgehead atoms. The molecule has 0 saturated carbocycles. The van der Waals surface area contributed by atoms with Crippen molar-refractivity contribution in [3.8, 4) is 22.7 Å². The maximum absolute atomic E-state index is 13.0. The molecule has 3 heterocycles. The number of thiazole rings is 1. The molecule has 0 atom stereocenters. The van der Waals surface area contributed by atoms with Gasteiger partial charge in [0.15, 0.2) is 0 Å². The monoisotopic (exact) mass is 513 g/mol. The first-order valence-electron chi connectivity index (χ1n) is 12.3. The summed E-state index contributed by atoms with van der Waals surface area (Å²) in [6, 6.07) is 17.6. The van der Waals surface area contributed by atoms with Crippen LogP contribution in [0.1, 0.15) is 43.9 Å². The number of unbranched alkanes of at least 4 members (excludes halogenated alkanes) is 3. The van der Waals surface area contributed by atoms with Crippen LogP contribution in [0.5, 0.6) is 5.75 Å². The van der Waals surface area contributed by atoms with E-state index < -0.39 is 5.56 Å². The van der Waals surface area contributed by atoms with Crippen molar-refractivity contribution in [2.75, 3.05) is 6.61 Å². The maximum atomic E-state index is 13.0. The van der Waals surface area contributed by atoms with E-state index >= 15 is 0 Å². The highest BCUT2D eigenvalue weighted by Gasteiger charge is 2.14. The molecule has 0 saturated heterocycles. The number of hydrogen-bond donors (Lipinski definition) is 0. The molecule has 188 valence electrons. The molecule has 0 spiro atoms. The van der Waals surface area contributed by atoms with Crippen molar-refractivity contribution in [1.82, 2.24) is 24.4 Å². The molecule has 3 aromatic heterocycles. The quantitative estimate of drug-likeness (QED) is 0.275. The van der Waals surface area contributed by atoms with Gasteiger partial charge in [-0.25, -0.2) is 4.68 Å². The van der Waals surface area contributed by atoms with Crippen molar-refractivity contribution in [1.29, 1.82) is 0 Å². The third-order valence-electron chi connectivity index (χ3n) is 5.99. The zero-order valence-electron chi connectivity index (χ0n) is 20.8. The number of fused-ring (bicyclic) bond motifs is 1. The summed E-state index contributed by atoms with van der Waals surface area (Å²) in [6.45, 7) is 4.44. The fourth-order valence-corrected chi connectivity index (χ4v) is 4.88. The van der Waals surface area contributed by atoms with Crippen LogP contribution in [0.2, 0.25) is 0 Å². The highest BCUT2D eigenvalue weighted by atomic mass is 32.1. The Hall–Kier alpha value is -4.11. The van der Waals surface area contributed by atoms with Crippen molar-refractivity contribution in [3.63, 3.8) is 0 Å². The van der Waals surface area contributed by atoms with Crippen LogP contribution in [-0.2, 0) is 0 Å². The second-order valence-electron chi connectivity index (χ2n) is 8.76. The lowest BCUT2D eigenvalue weighted by Gasteiger charge is -2.07. The van der Waals surface area contributed by atoms with Crippen molar-refractivity contribution in [3.05, 3.63) is 97.3 Å². The third-order valence-corrected chi connectivity index (χ3v) is 6.95. The molecule has 0 aliphatic heterocycles. The number of benzene rings is 2. The minimum absolute atomic E-state index is 0.184. The Morgan fingerprint density at radius 3 is 2.51 bits per heavy atom. The van der Waals surface area contributed by atoms with E-state index in [-0.39, 0.29) is 16.2 Å². The second kappa shape index (κ2) is 10.9. The average Bonchev–Trinajstić information content (AvgIpc) is 3.46. The summed E-state index contributed by atoms with van der Waals surface area (Å²) in [4.78, 5) is 29.2. The van der Waals surface area contributed by atoms with Crippen molar-refractivity contribution < 1.29 is 4.74 Å². The SMILES string of the molecule is CCCCCCOc1ccc(-c2nn(-c3ccccc3)cc2/C=c2\sc3nc(=O)c(C)nn3c2=O)cc1. The van der Waals surface area contributed by atoms with Gasteiger partial charge in [0.2, 0.25) is 4.96 Å². The van der Waals surface area contributed by atoms with Crippen LogP contribution in [0.15, 0.2) is 70.4 Å². The fourth-order valence-electron chi connectivity index (χ4n) is 3.99. The molecular formula is C28H27N5O3S. The highest BCUT2D eigenvalue weighted by Crippen LogP contribution is 2.26. The zero-order chi connectivity index (χ0) is 25.8. The molecule has 0 amide bonds. The van der Waals surface area contributed by atoms with Crippen LogP contribution in [0.3, 0.4) is 0 Å². The van der Waals surface area contributed by atoms with Gasteiger partial charge in [0, 0.05) is 17.3 Å². The van der Waals surface area contributed by atoms with E-state index in [4.69, 9.17) is 9.84 Å². The smallest absolute Gasteiger partial charge is 0.295 e. The molecule has 37 heavy (non-hydrogen) atoms. The van der Waals surface area contributed by atoms with E-state index in [1.807, 2.05) is 60.8 Å². The molecule has 9 heteroatoms. The lowest BCUT2D eigenvalue weighted by molar-refractivity contribution is 0.305. The topological polar surface area (TPSA) is 91.4 Å². The van der Waals surface area contributed by atoms with Crippen molar-refractivity contribution in [2.45, 2.75) is 39.5 Å². The molecule has 0 N–H and O–H groups in total. The largest absolute Gasteiger partial charge is 0.494 e. The summed E-state index contributed by atoms with van der Waals surface area (Å²) in [6.07, 6.45) is 8.30. The summed E-state index contributed by atoms with van der Waals surface area (Å²) in [5.41, 5.74) is 2.72. The Morgan fingerprint density at radius 1 is 0.973 bits per heavy atom. The Morgan fingerprint density at radius 2 is 1.76 bits per heavy atom. The van der Waals surface area contributed by atoms with Gasteiger partial charge in [-0.2, -0.15) is 19.7 Å². The number of nitrogens with zero attached hydrogens (tertiary/aromatic N) is 5. The molecule has 5 aromatic rings. The van der Waals surface area contributed by atoms with Crippen LogP contribution in [-0.4, -0.2) is 31.0 Å². The first kappa shape index (κ1) is 24.6. The molecule has 0 radical (unpaired) electrons. The minimum atomic E-state index is -0.432. The lowest BCUT2D eigenvalue weighted by atomic mass is 10.1. The van der Waals surface area contributed by atoms with Crippen LogP contribution < -0.4 is 20.4 Å². The number of aryl methyl sites for hydroxylation is 1. The molecule has 0 unspecified atom stereocenters. The predicted molar refractivity (Wildman–Crippen MR) is 146 cm³/mol. The second-order valence-corrected chi connectivity index (χ2v) is 9.77. The Balaban J connectivity index is 1.54. The fraction of sp³-hybridized carbons (Fsp3) is 0.250. The van der Waals surface area contributed by atoms with Gasteiger partial charge in [0.25, 0.3) is 11.1 Å². The third kappa shape index (κ3) is 5.36. The summed E-state index contributed by atoms with van der Waals surface area (Å²) in [7, 11) is 0. The number of ether oxygens (including phenoxy) is 1. The summed E-state index contributed by atoms with van der Waals surface area (Å²) < 4.78 is 9.29. The van der Waals surface area contributed by atoms with Crippen LogP contribution >= 0.6 is 11.3 Å². The van der Waals surface area contributed by atoms with E-state index in [9.17, 15) is 9.59 Å². The first-order chi connectivity index (χ1) is 18.0. The molecule has 5 rings (SSSR count). The predicted octanol–water partition coefficient (Wildman–Crippen LogP) is 4.18. The minimum Gasteiger partial charge on any atom is -0.494 e. The zero-order valence-corrected chi connectivity index (χ0v) is 21.6. The molecule has 0 fully saturated rings. The van der Waals surface area contributed by atoms with Crippen LogP contribution in [0, 0.1) is 6.92 Å². The summed E-state index contributed by atoms with van der Waals surface area (Å²) >= 11 is 1.13. The highest BCUT2D eigenvalue weighted by molar-refractivity contribution is 7.15. The number of hydrogen-bond acceptors (Lipinski definition) is 7. The Bertz CT molecular complexity index is 1690. The molecule has 8 nitrogen and oxygen atoms in total. The number of rotatable bonds is 9. The molecule has 2 aromatic carbocycles. The van der Waals surface area contributed by atoms with E-state index in [1.165, 1.54) is 23.8 Å². The van der Waals surface area contributed by atoms with Gasteiger partial charge in [-0.05, 0) is 55.8 Å². The van der Waals surface area contributed by atoms with Gasteiger partial charge in [-0.15, -0.1) is 0 Å². The van der Waals surface area contributed by atoms with E-state index in [2.05, 4.69) is 17.0 Å². The van der Waals surface area contributed by atoms with Gasteiger partial charge < -0.3 is 4.74 Å². The summed E-state index contributed by atoms with van der Waals surface area (Å²) in [5, 5.41) is 8.95. The first-order valence-corrected chi connectivity index (χ1v) is 13.2. The van der Waals surface area contributed by atoms with Crippen LogP contribution in [0.25, 0.3) is 28.0 Å².